The molecule has 0 radical (unpaired) electrons. The first-order valence-corrected chi connectivity index (χ1v) is 10.1. The summed E-state index contributed by atoms with van der Waals surface area (Å²) in [6.07, 6.45) is 6.26. The minimum Gasteiger partial charge on any atom is -0.465 e. The number of likely N-dealkylation sites (tertiary alicyclic amines) is 2. The highest BCUT2D eigenvalue weighted by Crippen LogP contribution is 2.31. The minimum absolute atomic E-state index is 0.262. The van der Waals surface area contributed by atoms with Gasteiger partial charge in [-0.05, 0) is 57.0 Å². The van der Waals surface area contributed by atoms with Crippen molar-refractivity contribution in [2.24, 2.45) is 0 Å². The maximum Gasteiger partial charge on any atom is 0.407 e. The van der Waals surface area contributed by atoms with Gasteiger partial charge in [0, 0.05) is 30.0 Å². The number of rotatable bonds is 2. The highest BCUT2D eigenvalue weighted by molar-refractivity contribution is 5.82. The molecular weight excluding hydrogens is 352 g/mol. The summed E-state index contributed by atoms with van der Waals surface area (Å²) < 4.78 is 0. The van der Waals surface area contributed by atoms with Gasteiger partial charge in [-0.3, -0.25) is 4.90 Å². The first-order valence-electron chi connectivity index (χ1n) is 10.1. The number of amides is 1. The molecule has 2 aromatic rings. The Morgan fingerprint density at radius 2 is 1.89 bits per heavy atom. The number of aromatic nitrogens is 2. The predicted octanol–water partition coefficient (Wildman–Crippen LogP) is 3.32. The summed E-state index contributed by atoms with van der Waals surface area (Å²) in [5, 5.41) is 10.2. The van der Waals surface area contributed by atoms with Crippen LogP contribution < -0.4 is 0 Å². The monoisotopic (exact) mass is 378 g/mol. The summed E-state index contributed by atoms with van der Waals surface area (Å²) in [4.78, 5) is 24.0. The van der Waals surface area contributed by atoms with E-state index in [0.717, 1.165) is 54.6 Å². The SMILES string of the molecule is O=C(O)N1CCC(c2ncnc3ccc(C#CCN4CCCCC4)cc23)CC1. The van der Waals surface area contributed by atoms with Gasteiger partial charge in [-0.2, -0.15) is 0 Å². The van der Waals surface area contributed by atoms with Crippen molar-refractivity contribution >= 4 is 17.0 Å². The van der Waals surface area contributed by atoms with E-state index in [2.05, 4.69) is 32.8 Å². The molecule has 2 aliphatic rings. The average molecular weight is 378 g/mol. The van der Waals surface area contributed by atoms with Gasteiger partial charge in [0.25, 0.3) is 0 Å². The minimum atomic E-state index is -0.836. The quantitative estimate of drug-likeness (QED) is 0.812. The fourth-order valence-corrected chi connectivity index (χ4v) is 4.19. The van der Waals surface area contributed by atoms with Crippen LogP contribution in [0.2, 0.25) is 0 Å². The fraction of sp³-hybridized carbons (Fsp3) is 0.500. The molecule has 3 heterocycles. The van der Waals surface area contributed by atoms with Crippen LogP contribution in [0, 0.1) is 11.8 Å². The van der Waals surface area contributed by atoms with E-state index in [1.165, 1.54) is 24.2 Å². The molecule has 0 atom stereocenters. The second-order valence-corrected chi connectivity index (χ2v) is 7.67. The summed E-state index contributed by atoms with van der Waals surface area (Å²) in [5.41, 5.74) is 2.94. The van der Waals surface area contributed by atoms with Crippen molar-refractivity contribution in [1.82, 2.24) is 19.8 Å². The lowest BCUT2D eigenvalue weighted by atomic mass is 9.91. The maximum absolute atomic E-state index is 11.2. The fourth-order valence-electron chi connectivity index (χ4n) is 4.19. The van der Waals surface area contributed by atoms with Crippen LogP contribution in [0.1, 0.15) is 49.3 Å². The van der Waals surface area contributed by atoms with Crippen molar-refractivity contribution in [3.05, 3.63) is 35.8 Å². The highest BCUT2D eigenvalue weighted by atomic mass is 16.4. The zero-order valence-corrected chi connectivity index (χ0v) is 16.1. The van der Waals surface area contributed by atoms with Crippen LogP contribution in [0.15, 0.2) is 24.5 Å². The van der Waals surface area contributed by atoms with E-state index in [4.69, 9.17) is 5.11 Å². The van der Waals surface area contributed by atoms with E-state index in [1.807, 2.05) is 12.1 Å². The van der Waals surface area contributed by atoms with Crippen LogP contribution in [0.25, 0.3) is 10.9 Å². The van der Waals surface area contributed by atoms with Gasteiger partial charge < -0.3 is 10.0 Å². The van der Waals surface area contributed by atoms with E-state index >= 15 is 0 Å². The normalized spacial score (nSPS) is 18.6. The molecule has 28 heavy (non-hydrogen) atoms. The van der Waals surface area contributed by atoms with Crippen LogP contribution in [0.4, 0.5) is 4.79 Å². The van der Waals surface area contributed by atoms with E-state index in [9.17, 15) is 4.79 Å². The van der Waals surface area contributed by atoms with Gasteiger partial charge in [0.1, 0.15) is 6.33 Å². The summed E-state index contributed by atoms with van der Waals surface area (Å²) in [5.74, 6) is 6.88. The third kappa shape index (κ3) is 4.26. The largest absolute Gasteiger partial charge is 0.465 e. The lowest BCUT2D eigenvalue weighted by Gasteiger charge is -2.30. The molecule has 0 spiro atoms. The van der Waals surface area contributed by atoms with Gasteiger partial charge in [-0.15, -0.1) is 0 Å². The molecule has 1 aromatic heterocycles. The lowest BCUT2D eigenvalue weighted by molar-refractivity contribution is 0.132. The molecule has 0 aliphatic carbocycles. The van der Waals surface area contributed by atoms with Crippen molar-refractivity contribution in [3.8, 4) is 11.8 Å². The van der Waals surface area contributed by atoms with E-state index in [-0.39, 0.29) is 5.92 Å². The van der Waals surface area contributed by atoms with Crippen LogP contribution >= 0.6 is 0 Å². The molecule has 2 aliphatic heterocycles. The summed E-state index contributed by atoms with van der Waals surface area (Å²) in [7, 11) is 0. The van der Waals surface area contributed by atoms with Gasteiger partial charge in [0.2, 0.25) is 0 Å². The Morgan fingerprint density at radius 3 is 2.64 bits per heavy atom. The second kappa shape index (κ2) is 8.57. The Hall–Kier alpha value is -2.65. The number of carboxylic acid groups (broad SMARTS) is 1. The maximum atomic E-state index is 11.2. The van der Waals surface area contributed by atoms with Gasteiger partial charge >= 0.3 is 6.09 Å². The van der Waals surface area contributed by atoms with Crippen molar-refractivity contribution < 1.29 is 9.90 Å². The predicted molar refractivity (Wildman–Crippen MR) is 108 cm³/mol. The summed E-state index contributed by atoms with van der Waals surface area (Å²) in [6.45, 7) is 4.24. The Morgan fingerprint density at radius 1 is 1.11 bits per heavy atom. The number of carbonyl (C=O) groups is 1. The number of hydrogen-bond acceptors (Lipinski definition) is 4. The average Bonchev–Trinajstić information content (AvgIpc) is 2.74. The van der Waals surface area contributed by atoms with Crippen molar-refractivity contribution in [2.45, 2.75) is 38.0 Å². The number of piperidine rings is 2. The van der Waals surface area contributed by atoms with Gasteiger partial charge in [-0.25, -0.2) is 14.8 Å². The third-order valence-electron chi connectivity index (χ3n) is 5.80. The van der Waals surface area contributed by atoms with Gasteiger partial charge in [-0.1, -0.05) is 18.3 Å². The number of nitrogens with zero attached hydrogens (tertiary/aromatic N) is 4. The molecular formula is C22H26N4O2. The molecule has 6 nitrogen and oxygen atoms in total. The molecule has 4 rings (SSSR count). The standard InChI is InChI=1S/C22H26N4O2/c27-22(28)26-13-8-18(9-14-26)21-19-15-17(6-7-20(19)23-16-24-21)5-4-12-25-10-2-1-3-11-25/h6-7,15-16,18H,1-3,8-14H2,(H,27,28). The van der Waals surface area contributed by atoms with Gasteiger partial charge in [0.05, 0.1) is 17.8 Å². The molecule has 0 saturated carbocycles. The van der Waals surface area contributed by atoms with Crippen LogP contribution in [0.5, 0.6) is 0 Å². The molecule has 6 heteroatoms. The van der Waals surface area contributed by atoms with Gasteiger partial charge in [0.15, 0.2) is 0 Å². The van der Waals surface area contributed by atoms with Crippen molar-refractivity contribution in [3.63, 3.8) is 0 Å². The summed E-state index contributed by atoms with van der Waals surface area (Å²) >= 11 is 0. The van der Waals surface area contributed by atoms with Crippen molar-refractivity contribution in [1.29, 1.82) is 0 Å². The van der Waals surface area contributed by atoms with Crippen LogP contribution in [-0.2, 0) is 0 Å². The summed E-state index contributed by atoms with van der Waals surface area (Å²) in [6, 6.07) is 6.13. The van der Waals surface area contributed by atoms with Crippen LogP contribution in [0.3, 0.4) is 0 Å². The number of fused-ring (bicyclic) bond motifs is 1. The first-order chi connectivity index (χ1) is 13.7. The second-order valence-electron chi connectivity index (χ2n) is 7.67. The number of benzene rings is 1. The van der Waals surface area contributed by atoms with Crippen LogP contribution in [-0.4, -0.2) is 63.7 Å². The molecule has 146 valence electrons. The Bertz CT molecular complexity index is 904. The first kappa shape index (κ1) is 18.7. The molecule has 1 N–H and O–H groups in total. The number of hydrogen-bond donors (Lipinski definition) is 1. The lowest BCUT2D eigenvalue weighted by Crippen LogP contribution is -2.37. The van der Waals surface area contributed by atoms with Crippen molar-refractivity contribution in [2.75, 3.05) is 32.7 Å². The van der Waals surface area contributed by atoms with E-state index in [0.29, 0.717) is 13.1 Å². The molecule has 2 fully saturated rings. The molecule has 1 aromatic carbocycles. The Kier molecular flexibility index (Phi) is 5.73. The third-order valence-corrected chi connectivity index (χ3v) is 5.80. The highest BCUT2D eigenvalue weighted by Gasteiger charge is 2.25. The smallest absolute Gasteiger partial charge is 0.407 e. The zero-order valence-electron chi connectivity index (χ0n) is 16.1. The molecule has 2 saturated heterocycles. The molecule has 0 bridgehead atoms. The van der Waals surface area contributed by atoms with E-state index < -0.39 is 6.09 Å². The molecule has 1 amide bonds. The van der Waals surface area contributed by atoms with E-state index in [1.54, 1.807) is 6.33 Å². The topological polar surface area (TPSA) is 69.6 Å². The Balaban J connectivity index is 1.52. The zero-order chi connectivity index (χ0) is 19.3. The molecule has 0 unspecified atom stereocenters. The Labute approximate surface area is 165 Å².